The number of thiophene rings is 1. The summed E-state index contributed by atoms with van der Waals surface area (Å²) in [5.41, 5.74) is 1.27. The van der Waals surface area contributed by atoms with Crippen molar-refractivity contribution in [3.05, 3.63) is 51.8 Å². The molecule has 0 bridgehead atoms. The van der Waals surface area contributed by atoms with Gasteiger partial charge in [-0.1, -0.05) is 37.3 Å². The third-order valence-corrected chi connectivity index (χ3v) is 8.97. The fourth-order valence-electron chi connectivity index (χ4n) is 3.47. The quantitative estimate of drug-likeness (QED) is 0.666. The molecule has 1 fully saturated rings. The molecule has 4 nitrogen and oxygen atoms in total. The van der Waals surface area contributed by atoms with Gasteiger partial charge in [0.05, 0.1) is 3.79 Å². The lowest BCUT2D eigenvalue weighted by atomic mass is 10.1. The van der Waals surface area contributed by atoms with E-state index in [1.54, 1.807) is 16.4 Å². The molecule has 1 aromatic heterocycles. The number of likely N-dealkylation sites (N-methyl/N-ethyl adjacent to an activating group) is 1. The fraction of sp³-hybridized carbons (Fsp3) is 0.444. The average molecular weight is 443 g/mol. The van der Waals surface area contributed by atoms with Crippen molar-refractivity contribution in [2.24, 2.45) is 0 Å². The van der Waals surface area contributed by atoms with Crippen LogP contribution in [-0.2, 0) is 10.0 Å². The Balaban J connectivity index is 1.75. The van der Waals surface area contributed by atoms with Gasteiger partial charge in [-0.05, 0) is 47.0 Å². The van der Waals surface area contributed by atoms with Crippen LogP contribution < -0.4 is 0 Å². The van der Waals surface area contributed by atoms with E-state index in [4.69, 9.17) is 0 Å². The Morgan fingerprint density at radius 3 is 2.60 bits per heavy atom. The van der Waals surface area contributed by atoms with Crippen LogP contribution in [0.5, 0.6) is 0 Å². The summed E-state index contributed by atoms with van der Waals surface area (Å²) in [7, 11) is -3.43. The van der Waals surface area contributed by atoms with Gasteiger partial charge in [-0.2, -0.15) is 4.31 Å². The largest absolute Gasteiger partial charge is 0.295 e. The van der Waals surface area contributed by atoms with Crippen molar-refractivity contribution in [3.8, 4) is 0 Å². The molecule has 0 amide bonds. The Labute approximate surface area is 162 Å². The van der Waals surface area contributed by atoms with Crippen molar-refractivity contribution in [2.45, 2.75) is 36.6 Å². The number of sulfonamides is 1. The Hall–Kier alpha value is -0.730. The van der Waals surface area contributed by atoms with Gasteiger partial charge < -0.3 is 0 Å². The second-order valence-electron chi connectivity index (χ2n) is 6.29. The van der Waals surface area contributed by atoms with Gasteiger partial charge in [0.1, 0.15) is 4.21 Å². The summed E-state index contributed by atoms with van der Waals surface area (Å²) in [6.07, 6.45) is 0.872. The number of rotatable bonds is 6. The van der Waals surface area contributed by atoms with Crippen molar-refractivity contribution < 1.29 is 8.42 Å². The van der Waals surface area contributed by atoms with Crippen LogP contribution >= 0.6 is 27.3 Å². The van der Waals surface area contributed by atoms with Crippen LogP contribution in [0, 0.1) is 0 Å². The highest BCUT2D eigenvalue weighted by Crippen LogP contribution is 2.32. The Morgan fingerprint density at radius 1 is 1.28 bits per heavy atom. The lowest BCUT2D eigenvalue weighted by molar-refractivity contribution is 0.239. The van der Waals surface area contributed by atoms with E-state index in [0.29, 0.717) is 16.8 Å². The van der Waals surface area contributed by atoms with Gasteiger partial charge in [-0.25, -0.2) is 8.42 Å². The van der Waals surface area contributed by atoms with Crippen LogP contribution in [0.4, 0.5) is 0 Å². The SMILES string of the molecule is CCN(C1CCN(C(C)c2ccccc2)C1)S(=O)(=O)c1ccc(Br)s1. The smallest absolute Gasteiger partial charge is 0.252 e. The summed E-state index contributed by atoms with van der Waals surface area (Å²) >= 11 is 4.64. The first kappa shape index (κ1) is 19.0. The van der Waals surface area contributed by atoms with Crippen LogP contribution in [0.15, 0.2) is 50.5 Å². The molecule has 1 aliphatic heterocycles. The molecule has 25 heavy (non-hydrogen) atoms. The van der Waals surface area contributed by atoms with Crippen molar-refractivity contribution in [1.82, 2.24) is 9.21 Å². The zero-order valence-corrected chi connectivity index (χ0v) is 17.6. The Bertz CT molecular complexity index is 807. The van der Waals surface area contributed by atoms with Crippen LogP contribution in [-0.4, -0.2) is 43.3 Å². The highest BCUT2D eigenvalue weighted by molar-refractivity contribution is 9.11. The van der Waals surface area contributed by atoms with Gasteiger partial charge in [-0.15, -0.1) is 11.3 Å². The number of nitrogens with zero attached hydrogens (tertiary/aromatic N) is 2. The minimum absolute atomic E-state index is 0.0297. The molecule has 0 radical (unpaired) electrons. The van der Waals surface area contributed by atoms with Crippen LogP contribution in [0.1, 0.15) is 31.9 Å². The molecule has 3 rings (SSSR count). The molecule has 136 valence electrons. The van der Waals surface area contributed by atoms with Gasteiger partial charge in [0.15, 0.2) is 0 Å². The maximum Gasteiger partial charge on any atom is 0.252 e. The topological polar surface area (TPSA) is 40.6 Å². The molecule has 2 aromatic rings. The maximum atomic E-state index is 13.0. The van der Waals surface area contributed by atoms with Crippen molar-refractivity contribution in [1.29, 1.82) is 0 Å². The lowest BCUT2D eigenvalue weighted by Gasteiger charge is -2.28. The first-order valence-electron chi connectivity index (χ1n) is 8.49. The predicted molar refractivity (Wildman–Crippen MR) is 106 cm³/mol. The summed E-state index contributed by atoms with van der Waals surface area (Å²) in [5, 5.41) is 0. The molecular formula is C18H23BrN2O2S2. The van der Waals surface area contributed by atoms with Crippen LogP contribution in [0.25, 0.3) is 0 Å². The number of hydrogen-bond acceptors (Lipinski definition) is 4. The van der Waals surface area contributed by atoms with Gasteiger partial charge in [0.2, 0.25) is 0 Å². The summed E-state index contributed by atoms with van der Waals surface area (Å²) in [5.74, 6) is 0. The predicted octanol–water partition coefficient (Wildman–Crippen LogP) is 4.36. The molecule has 1 saturated heterocycles. The van der Waals surface area contributed by atoms with E-state index in [0.717, 1.165) is 23.3 Å². The number of benzene rings is 1. The average Bonchev–Trinajstić information content (AvgIpc) is 3.25. The van der Waals surface area contributed by atoms with Gasteiger partial charge in [0, 0.05) is 31.7 Å². The number of likely N-dealkylation sites (tertiary alicyclic amines) is 1. The first-order chi connectivity index (χ1) is 11.9. The number of halogens is 1. The molecular weight excluding hydrogens is 420 g/mol. The summed E-state index contributed by atoms with van der Waals surface area (Å²) in [6, 6.07) is 14.2. The van der Waals surface area contributed by atoms with Crippen molar-refractivity contribution in [3.63, 3.8) is 0 Å². The summed E-state index contributed by atoms with van der Waals surface area (Å²) in [6.45, 7) is 6.30. The molecule has 0 spiro atoms. The van der Waals surface area contributed by atoms with Gasteiger partial charge >= 0.3 is 0 Å². The molecule has 7 heteroatoms. The maximum absolute atomic E-state index is 13.0. The van der Waals surface area contributed by atoms with Crippen LogP contribution in [0.3, 0.4) is 0 Å². The summed E-state index contributed by atoms with van der Waals surface area (Å²) in [4.78, 5) is 2.38. The standard InChI is InChI=1S/C18H23BrN2O2S2/c1-3-21(25(22,23)18-10-9-17(19)24-18)16-11-12-20(13-16)14(2)15-7-5-4-6-8-15/h4-10,14,16H,3,11-13H2,1-2H3. The molecule has 0 aliphatic carbocycles. The highest BCUT2D eigenvalue weighted by Gasteiger charge is 2.36. The van der Waals surface area contributed by atoms with Gasteiger partial charge in [-0.3, -0.25) is 4.90 Å². The van der Waals surface area contributed by atoms with E-state index in [1.165, 1.54) is 16.9 Å². The molecule has 2 atom stereocenters. The fourth-order valence-corrected chi connectivity index (χ4v) is 7.27. The molecule has 1 aromatic carbocycles. The highest BCUT2D eigenvalue weighted by atomic mass is 79.9. The number of hydrogen-bond donors (Lipinski definition) is 0. The molecule has 2 heterocycles. The van der Waals surface area contributed by atoms with E-state index < -0.39 is 10.0 Å². The van der Waals surface area contributed by atoms with E-state index in [1.807, 2.05) is 13.0 Å². The third kappa shape index (κ3) is 4.01. The summed E-state index contributed by atoms with van der Waals surface area (Å²) < 4.78 is 28.9. The van der Waals surface area contributed by atoms with Crippen molar-refractivity contribution in [2.75, 3.05) is 19.6 Å². The second-order valence-corrected chi connectivity index (χ2v) is 10.9. The second kappa shape index (κ2) is 7.88. The Kier molecular flexibility index (Phi) is 6.00. The monoisotopic (exact) mass is 442 g/mol. The van der Waals surface area contributed by atoms with Gasteiger partial charge in [0.25, 0.3) is 10.0 Å². The minimum Gasteiger partial charge on any atom is -0.295 e. The van der Waals surface area contributed by atoms with E-state index in [2.05, 4.69) is 52.0 Å². The molecule has 0 saturated carbocycles. The van der Waals surface area contributed by atoms with Crippen LogP contribution in [0.2, 0.25) is 0 Å². The third-order valence-electron chi connectivity index (χ3n) is 4.85. The lowest BCUT2D eigenvalue weighted by Crippen LogP contribution is -2.41. The molecule has 1 aliphatic rings. The van der Waals surface area contributed by atoms with E-state index in [-0.39, 0.29) is 6.04 Å². The molecule has 2 unspecified atom stereocenters. The molecule has 0 N–H and O–H groups in total. The minimum atomic E-state index is -3.43. The zero-order valence-electron chi connectivity index (χ0n) is 14.4. The van der Waals surface area contributed by atoms with E-state index in [9.17, 15) is 8.42 Å². The van der Waals surface area contributed by atoms with Crippen molar-refractivity contribution >= 4 is 37.3 Å². The first-order valence-corrected chi connectivity index (χ1v) is 11.5. The normalized spacial score (nSPS) is 20.2. The Morgan fingerprint density at radius 2 is 2.00 bits per heavy atom. The zero-order chi connectivity index (χ0) is 18.0. The van der Waals surface area contributed by atoms with E-state index >= 15 is 0 Å².